The van der Waals surface area contributed by atoms with Crippen molar-refractivity contribution in [2.45, 2.75) is 32.1 Å². The third-order valence-electron chi connectivity index (χ3n) is 12.3. The smallest absolute Gasteiger partial charge is 0.00137 e. The van der Waals surface area contributed by atoms with Gasteiger partial charge in [0.1, 0.15) is 0 Å². The van der Waals surface area contributed by atoms with Crippen LogP contribution >= 0.6 is 0 Å². The summed E-state index contributed by atoms with van der Waals surface area (Å²) >= 11 is 0. The first-order chi connectivity index (χ1) is 27.3. The van der Waals surface area contributed by atoms with Crippen LogP contribution in [0.2, 0.25) is 0 Å². The van der Waals surface area contributed by atoms with Crippen LogP contribution in [0.25, 0.3) is 66.6 Å². The minimum Gasteiger partial charge on any atom is -0.0757 e. The second-order valence-electron chi connectivity index (χ2n) is 15.4. The molecule has 0 aliphatic heterocycles. The predicted molar refractivity (Wildman–Crippen MR) is 234 cm³/mol. The fourth-order valence-electron chi connectivity index (χ4n) is 9.61. The highest BCUT2D eigenvalue weighted by Gasteiger charge is 2.21. The van der Waals surface area contributed by atoms with E-state index < -0.39 is 0 Å². The summed E-state index contributed by atoms with van der Waals surface area (Å²) in [5, 5.41) is 5.16. The van der Waals surface area contributed by atoms with E-state index >= 15 is 0 Å². The summed E-state index contributed by atoms with van der Waals surface area (Å²) in [5.74, 6) is 0. The number of hydrogen-bond acceptors (Lipinski definition) is 0. The SMILES string of the molecule is C1=C(c2ccc3c(-c4ccc(C5=CCCc6ccccc65)cc4)c4ccccc4c(-c4ccc(C5=CCCc6ccccc65)cc4)c3c2)Cc2ccccc21. The summed E-state index contributed by atoms with van der Waals surface area (Å²) in [6, 6.07) is 61.7. The lowest BCUT2D eigenvalue weighted by atomic mass is 9.83. The molecule has 0 fully saturated rings. The molecule has 3 aliphatic rings. The third kappa shape index (κ3) is 5.44. The molecule has 260 valence electrons. The summed E-state index contributed by atoms with van der Waals surface area (Å²) in [5.41, 5.74) is 21.4. The Morgan fingerprint density at radius 3 is 1.38 bits per heavy atom. The van der Waals surface area contributed by atoms with Gasteiger partial charge in [0.05, 0.1) is 0 Å². The second kappa shape index (κ2) is 13.1. The minimum atomic E-state index is 0.961. The van der Waals surface area contributed by atoms with Crippen LogP contribution in [-0.2, 0) is 19.3 Å². The van der Waals surface area contributed by atoms with Crippen molar-refractivity contribution in [1.82, 2.24) is 0 Å². The normalized spacial score (nSPS) is 14.5. The van der Waals surface area contributed by atoms with E-state index in [4.69, 9.17) is 0 Å². The standard InChI is InChI=1S/C55H40/c1-2-14-43-34-45(33-42(43)13-1)44-31-32-52-53(35-44)55(41-29-25-39(26-30-41)49-22-10-16-37-12-4-6-18-47(37)49)51-20-8-7-19-50(51)54(52)40-27-23-38(24-28-40)48-21-9-15-36-11-3-5-17-46(36)48/h1-8,11-14,17-33,35H,9-10,15-16,34H2. The molecule has 0 saturated carbocycles. The molecule has 8 aromatic carbocycles. The van der Waals surface area contributed by atoms with Gasteiger partial charge in [-0.05, 0) is 149 Å². The fraction of sp³-hybridized carbons (Fsp3) is 0.0909. The first kappa shape index (κ1) is 32.0. The van der Waals surface area contributed by atoms with Gasteiger partial charge in [0.15, 0.2) is 0 Å². The zero-order valence-corrected chi connectivity index (χ0v) is 30.9. The number of benzene rings is 8. The average molecular weight is 701 g/mol. The summed E-state index contributed by atoms with van der Waals surface area (Å²) in [4.78, 5) is 0. The maximum absolute atomic E-state index is 2.48. The molecule has 0 spiro atoms. The Hall–Kier alpha value is -6.50. The van der Waals surface area contributed by atoms with Crippen LogP contribution < -0.4 is 0 Å². The van der Waals surface area contributed by atoms with Gasteiger partial charge in [-0.25, -0.2) is 0 Å². The van der Waals surface area contributed by atoms with Crippen molar-refractivity contribution in [3.8, 4) is 22.3 Å². The molecule has 0 saturated heterocycles. The van der Waals surface area contributed by atoms with E-state index in [1.54, 1.807) is 0 Å². The monoisotopic (exact) mass is 700 g/mol. The van der Waals surface area contributed by atoms with Gasteiger partial charge in [-0.15, -0.1) is 0 Å². The second-order valence-corrected chi connectivity index (χ2v) is 15.4. The third-order valence-corrected chi connectivity index (χ3v) is 12.3. The van der Waals surface area contributed by atoms with Crippen LogP contribution in [0.4, 0.5) is 0 Å². The van der Waals surface area contributed by atoms with Crippen LogP contribution in [0, 0.1) is 0 Å². The molecule has 0 radical (unpaired) electrons. The van der Waals surface area contributed by atoms with Crippen molar-refractivity contribution in [1.29, 1.82) is 0 Å². The van der Waals surface area contributed by atoms with E-state index in [2.05, 4.69) is 182 Å². The van der Waals surface area contributed by atoms with Crippen LogP contribution in [0.3, 0.4) is 0 Å². The van der Waals surface area contributed by atoms with E-state index in [9.17, 15) is 0 Å². The molecule has 0 N–H and O–H groups in total. The Morgan fingerprint density at radius 2 is 0.800 bits per heavy atom. The van der Waals surface area contributed by atoms with E-state index in [1.165, 1.54) is 111 Å². The van der Waals surface area contributed by atoms with Crippen molar-refractivity contribution in [3.05, 3.63) is 226 Å². The van der Waals surface area contributed by atoms with Gasteiger partial charge in [0.2, 0.25) is 0 Å². The first-order valence-electron chi connectivity index (χ1n) is 19.8. The molecule has 0 heterocycles. The Morgan fingerprint density at radius 1 is 0.345 bits per heavy atom. The van der Waals surface area contributed by atoms with E-state index in [-0.39, 0.29) is 0 Å². The summed E-state index contributed by atoms with van der Waals surface area (Å²) in [7, 11) is 0. The molecule has 55 heavy (non-hydrogen) atoms. The Balaban J connectivity index is 1.09. The Labute approximate surface area is 323 Å². The molecule has 8 aromatic rings. The lowest BCUT2D eigenvalue weighted by Crippen LogP contribution is -2.00. The fourth-order valence-corrected chi connectivity index (χ4v) is 9.61. The van der Waals surface area contributed by atoms with Gasteiger partial charge in [0, 0.05) is 0 Å². The van der Waals surface area contributed by atoms with Gasteiger partial charge < -0.3 is 0 Å². The molecule has 0 amide bonds. The Kier molecular flexibility index (Phi) is 7.62. The van der Waals surface area contributed by atoms with Crippen molar-refractivity contribution < 1.29 is 0 Å². The summed E-state index contributed by atoms with van der Waals surface area (Å²) in [6.07, 6.45) is 12.6. The maximum atomic E-state index is 2.48. The number of fused-ring (bicyclic) bond motifs is 5. The van der Waals surface area contributed by atoms with Gasteiger partial charge in [-0.2, -0.15) is 0 Å². The average Bonchev–Trinajstić information content (AvgIpc) is 3.70. The van der Waals surface area contributed by atoms with Crippen LogP contribution in [-0.4, -0.2) is 0 Å². The molecule has 0 unspecified atom stereocenters. The number of hydrogen-bond donors (Lipinski definition) is 0. The maximum Gasteiger partial charge on any atom is -0.00137 e. The zero-order chi connectivity index (χ0) is 36.3. The predicted octanol–water partition coefficient (Wildman–Crippen LogP) is 14.2. The van der Waals surface area contributed by atoms with Crippen molar-refractivity contribution in [2.24, 2.45) is 0 Å². The van der Waals surface area contributed by atoms with Crippen LogP contribution in [0.5, 0.6) is 0 Å². The molecule has 3 aliphatic carbocycles. The molecular weight excluding hydrogens is 661 g/mol. The number of allylic oxidation sites excluding steroid dienone is 3. The van der Waals surface area contributed by atoms with Gasteiger partial charge in [-0.3, -0.25) is 0 Å². The topological polar surface area (TPSA) is 0 Å². The van der Waals surface area contributed by atoms with E-state index in [0.29, 0.717) is 0 Å². The molecule has 0 atom stereocenters. The van der Waals surface area contributed by atoms with Gasteiger partial charge in [-0.1, -0.05) is 176 Å². The zero-order valence-electron chi connectivity index (χ0n) is 30.9. The van der Waals surface area contributed by atoms with E-state index in [1.807, 2.05) is 0 Å². The molecule has 0 nitrogen and oxygen atoms in total. The van der Waals surface area contributed by atoms with Crippen LogP contribution in [0.15, 0.2) is 176 Å². The number of aryl methyl sites for hydroxylation is 2. The highest BCUT2D eigenvalue weighted by atomic mass is 14.2. The Bertz CT molecular complexity index is 2910. The highest BCUT2D eigenvalue weighted by Crippen LogP contribution is 2.46. The van der Waals surface area contributed by atoms with Gasteiger partial charge in [0.25, 0.3) is 0 Å². The number of rotatable bonds is 5. The lowest BCUT2D eigenvalue weighted by molar-refractivity contribution is 0.978. The molecule has 0 bridgehead atoms. The molecule has 0 heteroatoms. The first-order valence-corrected chi connectivity index (χ1v) is 19.8. The molecular formula is C55H40. The van der Waals surface area contributed by atoms with Crippen molar-refractivity contribution in [2.75, 3.05) is 0 Å². The minimum absolute atomic E-state index is 0.961. The largest absolute Gasteiger partial charge is 0.0757 e. The van der Waals surface area contributed by atoms with Crippen molar-refractivity contribution >= 4 is 44.3 Å². The van der Waals surface area contributed by atoms with Gasteiger partial charge >= 0.3 is 0 Å². The summed E-state index contributed by atoms with van der Waals surface area (Å²) in [6.45, 7) is 0. The van der Waals surface area contributed by atoms with E-state index in [0.717, 1.165) is 32.1 Å². The van der Waals surface area contributed by atoms with Crippen molar-refractivity contribution in [3.63, 3.8) is 0 Å². The highest BCUT2D eigenvalue weighted by molar-refractivity contribution is 6.22. The molecule has 11 rings (SSSR count). The quantitative estimate of drug-likeness (QED) is 0.157. The summed E-state index contributed by atoms with van der Waals surface area (Å²) < 4.78 is 0. The van der Waals surface area contributed by atoms with Crippen LogP contribution in [0.1, 0.15) is 62.9 Å². The lowest BCUT2D eigenvalue weighted by Gasteiger charge is -2.21. The molecule has 0 aromatic heterocycles.